The number of carbonyl (C=O) groups excluding carboxylic acids is 3. The number of amides is 3. The third kappa shape index (κ3) is 3.89. The van der Waals surface area contributed by atoms with Gasteiger partial charge in [-0.15, -0.1) is 0 Å². The standard InChI is InChI=1S/C23H31N3O3/c1-15-11-16(2)13-18(12-15)24-21(28)19-14-23(19)6-9-25(10-7-23)22(29)20-5-4-8-26(20)17(3)27/h11-13,19-20H,4-10,14H2,1-3H3,(H,24,28)/t19-,20-/m0/s1. The molecule has 0 aromatic heterocycles. The predicted molar refractivity (Wildman–Crippen MR) is 111 cm³/mol. The molecule has 3 amide bonds. The SMILES string of the molecule is CC(=O)N1CCC[C@H]1C(=O)N1CCC2(CC1)C[C@H]2C(=O)Nc1cc(C)cc(C)c1. The van der Waals surface area contributed by atoms with Crippen molar-refractivity contribution in [2.24, 2.45) is 11.3 Å². The zero-order valence-corrected chi connectivity index (χ0v) is 17.7. The summed E-state index contributed by atoms with van der Waals surface area (Å²) in [6, 6.07) is 5.82. The van der Waals surface area contributed by atoms with Crippen LogP contribution < -0.4 is 5.32 Å². The number of likely N-dealkylation sites (tertiary alicyclic amines) is 2. The maximum absolute atomic E-state index is 12.9. The first-order valence-corrected chi connectivity index (χ1v) is 10.7. The second-order valence-corrected chi connectivity index (χ2v) is 9.18. The van der Waals surface area contributed by atoms with Crippen molar-refractivity contribution in [1.82, 2.24) is 9.80 Å². The first-order valence-electron chi connectivity index (χ1n) is 10.7. The fraction of sp³-hybridized carbons (Fsp3) is 0.609. The summed E-state index contributed by atoms with van der Waals surface area (Å²) in [7, 11) is 0. The van der Waals surface area contributed by atoms with Crippen LogP contribution in [0.4, 0.5) is 5.69 Å². The number of nitrogens with one attached hydrogen (secondary N) is 1. The van der Waals surface area contributed by atoms with E-state index >= 15 is 0 Å². The van der Waals surface area contributed by atoms with Crippen LogP contribution in [0.5, 0.6) is 0 Å². The Hall–Kier alpha value is -2.37. The smallest absolute Gasteiger partial charge is 0.245 e. The van der Waals surface area contributed by atoms with Crippen molar-refractivity contribution in [3.05, 3.63) is 29.3 Å². The van der Waals surface area contributed by atoms with Crippen LogP contribution in [0.25, 0.3) is 0 Å². The lowest BCUT2D eigenvalue weighted by Crippen LogP contribution is -2.50. The van der Waals surface area contributed by atoms with Crippen molar-refractivity contribution < 1.29 is 14.4 Å². The van der Waals surface area contributed by atoms with Crippen LogP contribution in [-0.2, 0) is 14.4 Å². The van der Waals surface area contributed by atoms with Crippen LogP contribution >= 0.6 is 0 Å². The minimum absolute atomic E-state index is 0.0142. The van der Waals surface area contributed by atoms with Gasteiger partial charge in [0.05, 0.1) is 0 Å². The number of aryl methyl sites for hydroxylation is 2. The van der Waals surface area contributed by atoms with Gasteiger partial charge >= 0.3 is 0 Å². The van der Waals surface area contributed by atoms with E-state index in [1.165, 1.54) is 0 Å². The molecule has 3 fully saturated rings. The number of carbonyl (C=O) groups is 3. The van der Waals surface area contributed by atoms with Gasteiger partial charge in [0.25, 0.3) is 0 Å². The van der Waals surface area contributed by atoms with Crippen LogP contribution in [0.1, 0.15) is 50.2 Å². The first-order chi connectivity index (χ1) is 13.8. The number of anilines is 1. The quantitative estimate of drug-likeness (QED) is 0.853. The van der Waals surface area contributed by atoms with Gasteiger partial charge in [-0.2, -0.15) is 0 Å². The van der Waals surface area contributed by atoms with E-state index in [2.05, 4.69) is 11.4 Å². The van der Waals surface area contributed by atoms with Crippen molar-refractivity contribution in [3.63, 3.8) is 0 Å². The van der Waals surface area contributed by atoms with E-state index in [1.54, 1.807) is 11.8 Å². The van der Waals surface area contributed by atoms with E-state index in [9.17, 15) is 14.4 Å². The summed E-state index contributed by atoms with van der Waals surface area (Å²) in [6.07, 6.45) is 4.32. The lowest BCUT2D eigenvalue weighted by molar-refractivity contribution is -0.144. The normalized spacial score (nSPS) is 25.2. The van der Waals surface area contributed by atoms with E-state index in [4.69, 9.17) is 0 Å². The number of hydrogen-bond acceptors (Lipinski definition) is 3. The highest BCUT2D eigenvalue weighted by Crippen LogP contribution is 2.59. The molecule has 3 aliphatic rings. The second-order valence-electron chi connectivity index (χ2n) is 9.18. The first kappa shape index (κ1) is 19.9. The molecular weight excluding hydrogens is 366 g/mol. The molecule has 1 aromatic rings. The minimum atomic E-state index is -0.288. The van der Waals surface area contributed by atoms with Crippen molar-refractivity contribution >= 4 is 23.4 Å². The lowest BCUT2D eigenvalue weighted by atomic mass is 9.90. The summed E-state index contributed by atoms with van der Waals surface area (Å²) in [5.41, 5.74) is 3.20. The molecule has 1 N–H and O–H groups in total. The zero-order chi connectivity index (χ0) is 20.8. The number of benzene rings is 1. The number of nitrogens with zero attached hydrogens (tertiary/aromatic N) is 2. The molecule has 6 heteroatoms. The van der Waals surface area contributed by atoms with Crippen molar-refractivity contribution in [3.8, 4) is 0 Å². The highest BCUT2D eigenvalue weighted by atomic mass is 16.2. The van der Waals surface area contributed by atoms with E-state index in [0.29, 0.717) is 19.6 Å². The summed E-state index contributed by atoms with van der Waals surface area (Å²) in [5, 5.41) is 3.09. The van der Waals surface area contributed by atoms with Crippen LogP contribution in [0.3, 0.4) is 0 Å². The molecule has 1 aromatic carbocycles. The largest absolute Gasteiger partial charge is 0.341 e. The summed E-state index contributed by atoms with van der Waals surface area (Å²) < 4.78 is 0. The fourth-order valence-corrected chi connectivity index (χ4v) is 5.33. The van der Waals surface area contributed by atoms with Gasteiger partial charge in [-0.05, 0) is 74.6 Å². The number of rotatable bonds is 3. The predicted octanol–water partition coefficient (Wildman–Crippen LogP) is 2.88. The summed E-state index contributed by atoms with van der Waals surface area (Å²) in [4.78, 5) is 41.1. The van der Waals surface area contributed by atoms with Crippen molar-refractivity contribution in [2.45, 2.75) is 58.9 Å². The van der Waals surface area contributed by atoms with Gasteiger partial charge < -0.3 is 15.1 Å². The Balaban J connectivity index is 1.32. The number of piperidine rings is 1. The van der Waals surface area contributed by atoms with Gasteiger partial charge in [0.2, 0.25) is 17.7 Å². The van der Waals surface area contributed by atoms with Crippen molar-refractivity contribution in [2.75, 3.05) is 25.0 Å². The summed E-state index contributed by atoms with van der Waals surface area (Å²) in [5.74, 6) is 0.221. The zero-order valence-electron chi connectivity index (χ0n) is 17.7. The molecule has 1 saturated carbocycles. The molecular formula is C23H31N3O3. The maximum Gasteiger partial charge on any atom is 0.245 e. The highest BCUT2D eigenvalue weighted by Gasteiger charge is 2.59. The third-order valence-electron chi connectivity index (χ3n) is 7.01. The van der Waals surface area contributed by atoms with E-state index < -0.39 is 0 Å². The molecule has 2 aliphatic heterocycles. The van der Waals surface area contributed by atoms with Crippen molar-refractivity contribution in [1.29, 1.82) is 0 Å². The van der Waals surface area contributed by atoms with Crippen LogP contribution in [0, 0.1) is 25.2 Å². The van der Waals surface area contributed by atoms with Gasteiger partial charge in [0.1, 0.15) is 6.04 Å². The highest BCUT2D eigenvalue weighted by molar-refractivity contribution is 5.95. The molecule has 2 atom stereocenters. The molecule has 2 saturated heterocycles. The Morgan fingerprint density at radius 2 is 1.69 bits per heavy atom. The summed E-state index contributed by atoms with van der Waals surface area (Å²) in [6.45, 7) is 7.67. The van der Waals surface area contributed by atoms with E-state index in [0.717, 1.165) is 48.9 Å². The van der Waals surface area contributed by atoms with E-state index in [-0.39, 0.29) is 35.1 Å². The Labute approximate surface area is 172 Å². The van der Waals surface area contributed by atoms with Crippen LogP contribution in [0.15, 0.2) is 18.2 Å². The van der Waals surface area contributed by atoms with Gasteiger partial charge in [0.15, 0.2) is 0 Å². The minimum Gasteiger partial charge on any atom is -0.341 e. The van der Waals surface area contributed by atoms with Crippen LogP contribution in [-0.4, -0.2) is 53.2 Å². The lowest BCUT2D eigenvalue weighted by Gasteiger charge is -2.36. The monoisotopic (exact) mass is 397 g/mol. The second kappa shape index (κ2) is 7.47. The number of hydrogen-bond donors (Lipinski definition) is 1. The third-order valence-corrected chi connectivity index (χ3v) is 7.01. The molecule has 6 nitrogen and oxygen atoms in total. The topological polar surface area (TPSA) is 69.7 Å². The molecule has 156 valence electrons. The molecule has 1 spiro atoms. The maximum atomic E-state index is 12.9. The Kier molecular flexibility index (Phi) is 5.13. The van der Waals surface area contributed by atoms with Gasteiger partial charge in [-0.1, -0.05) is 6.07 Å². The van der Waals surface area contributed by atoms with Gasteiger partial charge in [-0.25, -0.2) is 0 Å². The Morgan fingerprint density at radius 3 is 2.31 bits per heavy atom. The molecule has 0 radical (unpaired) electrons. The fourth-order valence-electron chi connectivity index (χ4n) is 5.33. The van der Waals surface area contributed by atoms with Gasteiger partial charge in [0, 0.05) is 38.2 Å². The average Bonchev–Trinajstić information content (AvgIpc) is 3.12. The Bertz CT molecular complexity index is 822. The van der Waals surface area contributed by atoms with Crippen LogP contribution in [0.2, 0.25) is 0 Å². The average molecular weight is 398 g/mol. The van der Waals surface area contributed by atoms with Gasteiger partial charge in [-0.3, -0.25) is 14.4 Å². The molecule has 0 bridgehead atoms. The molecule has 1 aliphatic carbocycles. The molecule has 4 rings (SSSR count). The summed E-state index contributed by atoms with van der Waals surface area (Å²) >= 11 is 0. The molecule has 29 heavy (non-hydrogen) atoms. The Morgan fingerprint density at radius 1 is 1.03 bits per heavy atom. The van der Waals surface area contributed by atoms with E-state index in [1.807, 2.05) is 30.9 Å². The molecule has 0 unspecified atom stereocenters. The molecule has 2 heterocycles.